The summed E-state index contributed by atoms with van der Waals surface area (Å²) in [5, 5.41) is 12.9. The Kier molecular flexibility index (Phi) is 4.47. The molecule has 4 aliphatic rings. The molecule has 144 valence electrons. The molecule has 4 aliphatic carbocycles. The van der Waals surface area contributed by atoms with Crippen molar-refractivity contribution in [2.45, 2.75) is 64.5 Å². The van der Waals surface area contributed by atoms with Crippen molar-refractivity contribution in [3.8, 4) is 11.5 Å². The number of methoxy groups -OCH3 is 1. The van der Waals surface area contributed by atoms with Crippen LogP contribution in [0.15, 0.2) is 18.2 Å². The van der Waals surface area contributed by atoms with Gasteiger partial charge in [0.15, 0.2) is 11.5 Å². The van der Waals surface area contributed by atoms with Gasteiger partial charge in [-0.15, -0.1) is 0 Å². The Morgan fingerprint density at radius 1 is 1.08 bits per heavy atom. The molecule has 0 aliphatic heterocycles. The van der Waals surface area contributed by atoms with Crippen molar-refractivity contribution < 1.29 is 14.6 Å². The van der Waals surface area contributed by atoms with E-state index in [0.717, 1.165) is 18.2 Å². The number of benzene rings is 1. The van der Waals surface area contributed by atoms with Crippen LogP contribution >= 0.6 is 0 Å². The van der Waals surface area contributed by atoms with Crippen molar-refractivity contribution in [3.05, 3.63) is 23.8 Å². The largest absolute Gasteiger partial charge is 0.493 e. The number of hydrogen-bond donors (Lipinski definition) is 2. The van der Waals surface area contributed by atoms with Crippen LogP contribution in [0, 0.1) is 16.7 Å². The molecule has 2 unspecified atom stereocenters. The Labute approximate surface area is 157 Å². The summed E-state index contributed by atoms with van der Waals surface area (Å²) in [6.45, 7) is 6.20. The predicted molar refractivity (Wildman–Crippen MR) is 103 cm³/mol. The van der Waals surface area contributed by atoms with E-state index in [0.29, 0.717) is 22.1 Å². The van der Waals surface area contributed by atoms with Crippen molar-refractivity contribution in [1.82, 2.24) is 5.32 Å². The highest BCUT2D eigenvalue weighted by atomic mass is 16.5. The van der Waals surface area contributed by atoms with Crippen molar-refractivity contribution in [3.63, 3.8) is 0 Å². The number of rotatable bonds is 7. The predicted octanol–water partition coefficient (Wildman–Crippen LogP) is 3.90. The fraction of sp³-hybridized carbons (Fsp3) is 0.727. The lowest BCUT2D eigenvalue weighted by molar-refractivity contribution is -0.118. The lowest BCUT2D eigenvalue weighted by Gasteiger charge is -2.65. The van der Waals surface area contributed by atoms with Crippen LogP contribution in [0.3, 0.4) is 0 Å². The van der Waals surface area contributed by atoms with Crippen LogP contribution in [0.5, 0.6) is 11.5 Å². The normalized spacial score (nSPS) is 37.8. The zero-order valence-corrected chi connectivity index (χ0v) is 16.4. The average Bonchev–Trinajstić information content (AvgIpc) is 2.55. The van der Waals surface area contributed by atoms with Crippen LogP contribution in [0.25, 0.3) is 0 Å². The van der Waals surface area contributed by atoms with E-state index < -0.39 is 0 Å². The molecule has 0 spiro atoms. The summed E-state index contributed by atoms with van der Waals surface area (Å²) >= 11 is 0. The third kappa shape index (κ3) is 3.34. The highest BCUT2D eigenvalue weighted by Gasteiger charge is 2.59. The molecule has 26 heavy (non-hydrogen) atoms. The molecule has 2 N–H and O–H groups in total. The first-order valence-corrected chi connectivity index (χ1v) is 10.0. The minimum Gasteiger partial charge on any atom is -0.493 e. The molecule has 0 radical (unpaired) electrons. The summed E-state index contributed by atoms with van der Waals surface area (Å²) in [7, 11) is 1.67. The van der Waals surface area contributed by atoms with Crippen LogP contribution < -0.4 is 14.8 Å². The van der Waals surface area contributed by atoms with E-state index in [1.54, 1.807) is 7.11 Å². The van der Waals surface area contributed by atoms with Gasteiger partial charge in [0, 0.05) is 12.1 Å². The molecule has 0 saturated heterocycles. The number of ether oxygens (including phenoxy) is 2. The first kappa shape index (κ1) is 18.1. The molecule has 1 aromatic carbocycles. The molecule has 1 aromatic rings. The monoisotopic (exact) mass is 359 g/mol. The average molecular weight is 360 g/mol. The second-order valence-corrected chi connectivity index (χ2v) is 9.82. The van der Waals surface area contributed by atoms with Gasteiger partial charge in [-0.25, -0.2) is 0 Å². The van der Waals surface area contributed by atoms with Crippen molar-refractivity contribution >= 4 is 0 Å². The van der Waals surface area contributed by atoms with Gasteiger partial charge in [0.1, 0.15) is 6.61 Å². The van der Waals surface area contributed by atoms with Gasteiger partial charge >= 0.3 is 0 Å². The van der Waals surface area contributed by atoms with Gasteiger partial charge in [0.05, 0.1) is 13.7 Å². The van der Waals surface area contributed by atoms with E-state index >= 15 is 0 Å². The van der Waals surface area contributed by atoms with Crippen LogP contribution in [0.2, 0.25) is 0 Å². The molecule has 4 nitrogen and oxygen atoms in total. The van der Waals surface area contributed by atoms with E-state index in [1.165, 1.54) is 44.1 Å². The molecule has 4 saturated carbocycles. The summed E-state index contributed by atoms with van der Waals surface area (Å²) < 4.78 is 11.0. The van der Waals surface area contributed by atoms with Crippen molar-refractivity contribution in [1.29, 1.82) is 0 Å². The maximum absolute atomic E-state index is 8.95. The second-order valence-electron chi connectivity index (χ2n) is 9.82. The highest BCUT2D eigenvalue weighted by molar-refractivity contribution is 5.43. The zero-order chi connectivity index (χ0) is 18.4. The van der Waals surface area contributed by atoms with Crippen LogP contribution in [-0.2, 0) is 6.54 Å². The molecular formula is C22H33NO3. The second kappa shape index (κ2) is 6.42. The van der Waals surface area contributed by atoms with E-state index in [1.807, 2.05) is 6.07 Å². The van der Waals surface area contributed by atoms with Crippen molar-refractivity contribution in [2.75, 3.05) is 20.3 Å². The van der Waals surface area contributed by atoms with E-state index in [2.05, 4.69) is 31.3 Å². The molecule has 4 bridgehead atoms. The summed E-state index contributed by atoms with van der Waals surface area (Å²) in [6.07, 6.45) is 8.24. The number of aliphatic hydroxyl groups excluding tert-OH is 1. The van der Waals surface area contributed by atoms with Gasteiger partial charge in [-0.1, -0.05) is 19.9 Å². The zero-order valence-electron chi connectivity index (χ0n) is 16.4. The fourth-order valence-corrected chi connectivity index (χ4v) is 7.03. The van der Waals surface area contributed by atoms with Gasteiger partial charge in [-0.3, -0.25) is 0 Å². The van der Waals surface area contributed by atoms with Gasteiger partial charge in [0.25, 0.3) is 0 Å². The molecule has 4 heteroatoms. The van der Waals surface area contributed by atoms with Gasteiger partial charge in [-0.05, 0) is 73.0 Å². The van der Waals surface area contributed by atoms with Crippen LogP contribution in [-0.4, -0.2) is 31.0 Å². The summed E-state index contributed by atoms with van der Waals surface area (Å²) in [4.78, 5) is 0. The number of hydrogen-bond acceptors (Lipinski definition) is 4. The van der Waals surface area contributed by atoms with Gasteiger partial charge < -0.3 is 19.9 Å². The molecule has 0 aromatic heterocycles. The molecular weight excluding hydrogens is 326 g/mol. The molecule has 4 fully saturated rings. The molecule has 2 atom stereocenters. The summed E-state index contributed by atoms with van der Waals surface area (Å²) in [5.41, 5.74) is 2.59. The van der Waals surface area contributed by atoms with Gasteiger partial charge in [0.2, 0.25) is 0 Å². The smallest absolute Gasteiger partial charge is 0.161 e. The Hall–Kier alpha value is -1.26. The molecule has 5 rings (SSSR count). The Bertz CT molecular complexity index is 655. The maximum atomic E-state index is 8.95. The molecule has 0 heterocycles. The van der Waals surface area contributed by atoms with Gasteiger partial charge in [-0.2, -0.15) is 0 Å². The van der Waals surface area contributed by atoms with Crippen molar-refractivity contribution in [2.24, 2.45) is 16.7 Å². The topological polar surface area (TPSA) is 50.7 Å². The minimum absolute atomic E-state index is 0.00762. The first-order chi connectivity index (χ1) is 12.4. The Balaban J connectivity index is 1.47. The van der Waals surface area contributed by atoms with E-state index in [4.69, 9.17) is 14.6 Å². The molecule has 0 amide bonds. The van der Waals surface area contributed by atoms with Crippen LogP contribution in [0.4, 0.5) is 0 Å². The summed E-state index contributed by atoms with van der Waals surface area (Å²) in [5.74, 6) is 2.33. The SMILES string of the molecule is COc1cc(CNC23CC4CC(C)(CC(C)(C4)C2)C3)ccc1OCCO. The van der Waals surface area contributed by atoms with Crippen LogP contribution in [0.1, 0.15) is 57.9 Å². The first-order valence-electron chi connectivity index (χ1n) is 10.0. The Morgan fingerprint density at radius 2 is 1.81 bits per heavy atom. The standard InChI is InChI=1S/C22H33NO3/c1-20-9-17-10-21(2,13-20)15-22(11-17,14-20)23-12-16-4-5-18(26-7-6-24)19(8-16)25-3/h4-5,8,17,23-24H,6-7,9-15H2,1-3H3. The van der Waals surface area contributed by atoms with E-state index in [9.17, 15) is 0 Å². The maximum Gasteiger partial charge on any atom is 0.161 e. The highest BCUT2D eigenvalue weighted by Crippen LogP contribution is 2.66. The lowest BCUT2D eigenvalue weighted by Crippen LogP contribution is -2.63. The summed E-state index contributed by atoms with van der Waals surface area (Å²) in [6, 6.07) is 6.11. The quantitative estimate of drug-likeness (QED) is 0.775. The number of aliphatic hydroxyl groups is 1. The number of nitrogens with one attached hydrogen (secondary N) is 1. The van der Waals surface area contributed by atoms with E-state index in [-0.39, 0.29) is 13.2 Å². The third-order valence-corrected chi connectivity index (χ3v) is 6.87. The lowest BCUT2D eigenvalue weighted by atomic mass is 9.43. The fourth-order valence-electron chi connectivity index (χ4n) is 7.03. The Morgan fingerprint density at radius 3 is 2.42 bits per heavy atom. The minimum atomic E-state index is 0.00762. The third-order valence-electron chi connectivity index (χ3n) is 6.87.